The molecule has 0 unspecified atom stereocenters. The molecule has 0 aliphatic carbocycles. The van der Waals surface area contributed by atoms with Crippen LogP contribution in [0.5, 0.6) is 0 Å². The third-order valence-electron chi connectivity index (χ3n) is 6.09. The van der Waals surface area contributed by atoms with Crippen molar-refractivity contribution in [3.8, 4) is 0 Å². The number of aromatic nitrogens is 3. The Hall–Kier alpha value is -2.58. The van der Waals surface area contributed by atoms with Gasteiger partial charge in [-0.2, -0.15) is 5.10 Å². The fourth-order valence-electron chi connectivity index (χ4n) is 4.58. The van der Waals surface area contributed by atoms with Gasteiger partial charge in [-0.15, -0.1) is 11.3 Å². The number of hydrogen-bond donors (Lipinski definition) is 0. The molecule has 8 heteroatoms. The lowest BCUT2D eigenvalue weighted by Crippen LogP contribution is -2.45. The SMILES string of the molecule is O=c1c(=O)n2c(nn1Cc1cccs1)[C@@]1(CCN(Cc3ccccc3F)C1)CC2. The molecule has 1 fully saturated rings. The summed E-state index contributed by atoms with van der Waals surface area (Å²) in [5.41, 5.74) is -0.637. The van der Waals surface area contributed by atoms with Crippen molar-refractivity contribution in [3.05, 3.63) is 84.6 Å². The maximum Gasteiger partial charge on any atom is 0.332 e. The van der Waals surface area contributed by atoms with Crippen LogP contribution in [0.4, 0.5) is 4.39 Å². The monoisotopic (exact) mass is 412 g/mol. The molecule has 0 amide bonds. The zero-order valence-corrected chi connectivity index (χ0v) is 16.7. The van der Waals surface area contributed by atoms with E-state index in [1.807, 2.05) is 29.6 Å². The third-order valence-corrected chi connectivity index (χ3v) is 6.95. The first-order chi connectivity index (χ1) is 14.1. The first-order valence-corrected chi connectivity index (χ1v) is 10.6. The summed E-state index contributed by atoms with van der Waals surface area (Å²) in [5, 5.41) is 6.60. The molecule has 1 saturated heterocycles. The van der Waals surface area contributed by atoms with E-state index >= 15 is 0 Å². The predicted molar refractivity (Wildman–Crippen MR) is 109 cm³/mol. The van der Waals surface area contributed by atoms with E-state index in [4.69, 9.17) is 0 Å². The van der Waals surface area contributed by atoms with E-state index in [9.17, 15) is 14.0 Å². The Balaban J connectivity index is 1.46. The van der Waals surface area contributed by atoms with Gasteiger partial charge in [-0.25, -0.2) is 9.07 Å². The van der Waals surface area contributed by atoms with Crippen LogP contribution >= 0.6 is 11.3 Å². The van der Waals surface area contributed by atoms with Crippen LogP contribution in [-0.2, 0) is 25.0 Å². The van der Waals surface area contributed by atoms with Gasteiger partial charge < -0.3 is 0 Å². The molecule has 2 aliphatic rings. The summed E-state index contributed by atoms with van der Waals surface area (Å²) in [4.78, 5) is 28.4. The normalized spacial score (nSPS) is 21.1. The fraction of sp³-hybridized carbons (Fsp3) is 0.381. The van der Waals surface area contributed by atoms with Crippen LogP contribution in [0.2, 0.25) is 0 Å². The maximum atomic E-state index is 14.1. The molecule has 5 rings (SSSR count). The molecule has 2 aliphatic heterocycles. The van der Waals surface area contributed by atoms with Gasteiger partial charge in [0.1, 0.15) is 11.6 Å². The van der Waals surface area contributed by atoms with Gasteiger partial charge in [0, 0.05) is 35.5 Å². The number of likely N-dealkylation sites (tertiary alicyclic amines) is 1. The quantitative estimate of drug-likeness (QED) is 0.617. The fourth-order valence-corrected chi connectivity index (χ4v) is 5.26. The zero-order chi connectivity index (χ0) is 20.0. The van der Waals surface area contributed by atoms with Gasteiger partial charge in [0.25, 0.3) is 0 Å². The standard InChI is InChI=1S/C21H21FN4O2S/c22-17-6-2-1-4-15(17)12-24-9-7-21(14-24)8-10-25-18(27)19(28)26(23-20(21)25)13-16-5-3-11-29-16/h1-6,11H,7-10,12-14H2/t21-/m0/s1. The van der Waals surface area contributed by atoms with Crippen molar-refractivity contribution in [2.45, 2.75) is 37.9 Å². The maximum absolute atomic E-state index is 14.1. The topological polar surface area (TPSA) is 60.1 Å². The minimum Gasteiger partial charge on any atom is -0.298 e. The van der Waals surface area contributed by atoms with Gasteiger partial charge in [0.05, 0.1) is 6.54 Å². The molecule has 4 heterocycles. The first-order valence-electron chi connectivity index (χ1n) is 9.76. The summed E-state index contributed by atoms with van der Waals surface area (Å²) in [6, 6.07) is 10.7. The molecular formula is C21H21FN4O2S. The Morgan fingerprint density at radius 1 is 1.03 bits per heavy atom. The summed E-state index contributed by atoms with van der Waals surface area (Å²) in [5.74, 6) is 0.508. The van der Waals surface area contributed by atoms with Gasteiger partial charge in [-0.3, -0.25) is 19.1 Å². The summed E-state index contributed by atoms with van der Waals surface area (Å²) in [6.45, 7) is 2.89. The second kappa shape index (κ2) is 7.03. The van der Waals surface area contributed by atoms with Crippen LogP contribution in [0.15, 0.2) is 51.4 Å². The van der Waals surface area contributed by atoms with Crippen LogP contribution in [0.1, 0.15) is 29.1 Å². The first kappa shape index (κ1) is 18.4. The minimum atomic E-state index is -0.569. The summed E-state index contributed by atoms with van der Waals surface area (Å²) in [6.07, 6.45) is 1.64. The highest BCUT2D eigenvalue weighted by Gasteiger charge is 2.47. The largest absolute Gasteiger partial charge is 0.332 e. The Kier molecular flexibility index (Phi) is 4.48. The van der Waals surface area contributed by atoms with E-state index in [2.05, 4.69) is 10.00 Å². The van der Waals surface area contributed by atoms with Crippen LogP contribution in [0.3, 0.4) is 0 Å². The molecule has 1 atom stereocenters. The van der Waals surface area contributed by atoms with E-state index in [0.29, 0.717) is 37.6 Å². The second-order valence-corrected chi connectivity index (χ2v) is 8.94. The number of rotatable bonds is 4. The highest BCUT2D eigenvalue weighted by Crippen LogP contribution is 2.40. The van der Waals surface area contributed by atoms with E-state index < -0.39 is 11.1 Å². The number of benzene rings is 1. The smallest absolute Gasteiger partial charge is 0.298 e. The Morgan fingerprint density at radius 2 is 1.86 bits per heavy atom. The van der Waals surface area contributed by atoms with E-state index in [1.165, 1.54) is 10.7 Å². The molecule has 2 aromatic heterocycles. The lowest BCUT2D eigenvalue weighted by molar-refractivity contribution is 0.294. The van der Waals surface area contributed by atoms with Crippen molar-refractivity contribution in [2.75, 3.05) is 13.1 Å². The molecule has 3 aromatic rings. The molecule has 0 saturated carbocycles. The Labute approximate surface area is 170 Å². The van der Waals surface area contributed by atoms with E-state index in [1.54, 1.807) is 22.0 Å². The van der Waals surface area contributed by atoms with Crippen molar-refractivity contribution in [2.24, 2.45) is 0 Å². The van der Waals surface area contributed by atoms with Crippen LogP contribution in [0.25, 0.3) is 0 Å². The third kappa shape index (κ3) is 3.16. The van der Waals surface area contributed by atoms with Crippen LogP contribution in [-0.4, -0.2) is 32.3 Å². The molecular weight excluding hydrogens is 391 g/mol. The molecule has 6 nitrogen and oxygen atoms in total. The van der Waals surface area contributed by atoms with Crippen LogP contribution in [0, 0.1) is 5.82 Å². The highest BCUT2D eigenvalue weighted by molar-refractivity contribution is 7.09. The van der Waals surface area contributed by atoms with Crippen molar-refractivity contribution in [1.29, 1.82) is 0 Å². The molecule has 0 bridgehead atoms. The Bertz CT molecular complexity index is 1170. The summed E-state index contributed by atoms with van der Waals surface area (Å²) >= 11 is 1.54. The van der Waals surface area contributed by atoms with E-state index in [-0.39, 0.29) is 11.2 Å². The van der Waals surface area contributed by atoms with Crippen molar-refractivity contribution < 1.29 is 4.39 Å². The molecule has 1 spiro atoms. The van der Waals surface area contributed by atoms with Crippen molar-refractivity contribution in [1.82, 2.24) is 19.2 Å². The zero-order valence-electron chi connectivity index (χ0n) is 15.9. The number of fused-ring (bicyclic) bond motifs is 2. The molecule has 0 N–H and O–H groups in total. The number of thiophene rings is 1. The highest BCUT2D eigenvalue weighted by atomic mass is 32.1. The van der Waals surface area contributed by atoms with Gasteiger partial charge in [0.2, 0.25) is 0 Å². The number of hydrogen-bond acceptors (Lipinski definition) is 5. The Morgan fingerprint density at radius 3 is 2.66 bits per heavy atom. The number of halogens is 1. The predicted octanol–water partition coefficient (Wildman–Crippen LogP) is 2.20. The second-order valence-electron chi connectivity index (χ2n) is 7.90. The van der Waals surface area contributed by atoms with Crippen LogP contribution < -0.4 is 11.1 Å². The molecule has 150 valence electrons. The van der Waals surface area contributed by atoms with E-state index in [0.717, 1.165) is 24.3 Å². The lowest BCUT2D eigenvalue weighted by atomic mass is 9.85. The minimum absolute atomic E-state index is 0.195. The molecule has 1 aromatic carbocycles. The van der Waals surface area contributed by atoms with Crippen molar-refractivity contribution in [3.63, 3.8) is 0 Å². The van der Waals surface area contributed by atoms with Gasteiger partial charge in [0.15, 0.2) is 0 Å². The lowest BCUT2D eigenvalue weighted by Gasteiger charge is -2.24. The summed E-state index contributed by atoms with van der Waals surface area (Å²) in [7, 11) is 0. The van der Waals surface area contributed by atoms with Gasteiger partial charge in [-0.05, 0) is 36.9 Å². The molecule has 0 radical (unpaired) electrons. The average molecular weight is 412 g/mol. The van der Waals surface area contributed by atoms with Gasteiger partial charge >= 0.3 is 11.1 Å². The van der Waals surface area contributed by atoms with Gasteiger partial charge in [-0.1, -0.05) is 24.3 Å². The average Bonchev–Trinajstić information content (AvgIpc) is 3.44. The molecule has 29 heavy (non-hydrogen) atoms. The number of nitrogens with zero attached hydrogens (tertiary/aromatic N) is 4. The summed E-state index contributed by atoms with van der Waals surface area (Å²) < 4.78 is 16.9. The van der Waals surface area contributed by atoms with Crippen molar-refractivity contribution >= 4 is 11.3 Å².